The third-order valence-electron chi connectivity index (χ3n) is 4.15. The van der Waals surface area contributed by atoms with Gasteiger partial charge in [-0.15, -0.1) is 0 Å². The van der Waals surface area contributed by atoms with E-state index in [1.807, 2.05) is 43.9 Å². The number of amides is 2. The Balaban J connectivity index is 1.84. The number of nitrogens with zero attached hydrogens (tertiary/aromatic N) is 2. The van der Waals surface area contributed by atoms with E-state index in [1.54, 1.807) is 7.11 Å². The smallest absolute Gasteiger partial charge is 0.317 e. The summed E-state index contributed by atoms with van der Waals surface area (Å²) in [5, 5.41) is 2.97. The van der Waals surface area contributed by atoms with Crippen LogP contribution in [-0.4, -0.2) is 48.3 Å². The molecular weight excluding hydrogens is 318 g/mol. The summed E-state index contributed by atoms with van der Waals surface area (Å²) < 4.78 is 11.0. The van der Waals surface area contributed by atoms with Crippen molar-refractivity contribution in [2.45, 2.75) is 52.2 Å². The van der Waals surface area contributed by atoms with Crippen molar-refractivity contribution in [1.29, 1.82) is 0 Å². The summed E-state index contributed by atoms with van der Waals surface area (Å²) in [5.41, 5.74) is 0.502. The lowest BCUT2D eigenvalue weighted by Crippen LogP contribution is -2.40. The number of urea groups is 1. The van der Waals surface area contributed by atoms with E-state index >= 15 is 0 Å². The van der Waals surface area contributed by atoms with E-state index in [1.165, 1.54) is 0 Å². The minimum Gasteiger partial charge on any atom is -0.472 e. The first-order valence-corrected chi connectivity index (χ1v) is 9.04. The Hall–Kier alpha value is -1.82. The van der Waals surface area contributed by atoms with Gasteiger partial charge in [-0.05, 0) is 52.0 Å². The van der Waals surface area contributed by atoms with Crippen LogP contribution in [0.3, 0.4) is 0 Å². The zero-order valence-corrected chi connectivity index (χ0v) is 15.9. The zero-order valence-electron chi connectivity index (χ0n) is 15.9. The molecule has 1 aromatic rings. The molecule has 1 aliphatic heterocycles. The molecule has 1 aromatic heterocycles. The molecule has 1 aliphatic rings. The van der Waals surface area contributed by atoms with Crippen LogP contribution in [-0.2, 0) is 11.3 Å². The molecule has 0 saturated carbocycles. The summed E-state index contributed by atoms with van der Waals surface area (Å²) in [4.78, 5) is 18.8. The summed E-state index contributed by atoms with van der Waals surface area (Å²) in [6.45, 7) is 8.71. The molecule has 140 valence electrons. The van der Waals surface area contributed by atoms with E-state index in [0.717, 1.165) is 44.7 Å². The Bertz CT molecular complexity index is 557. The topological polar surface area (TPSA) is 63.7 Å². The molecule has 2 amide bonds. The molecule has 1 atom stereocenters. The fourth-order valence-corrected chi connectivity index (χ4v) is 2.98. The Morgan fingerprint density at radius 1 is 1.32 bits per heavy atom. The summed E-state index contributed by atoms with van der Waals surface area (Å²) in [7, 11) is 1.74. The Kier molecular flexibility index (Phi) is 7.05. The second-order valence-corrected chi connectivity index (χ2v) is 7.58. The highest BCUT2D eigenvalue weighted by atomic mass is 16.5. The second-order valence-electron chi connectivity index (χ2n) is 7.58. The first-order chi connectivity index (χ1) is 11.9. The number of carbonyl (C=O) groups excluding carboxylic acids is 1. The van der Waals surface area contributed by atoms with Gasteiger partial charge in [0.05, 0.1) is 12.2 Å². The van der Waals surface area contributed by atoms with Crippen molar-refractivity contribution in [1.82, 2.24) is 15.2 Å². The maximum atomic E-state index is 12.4. The summed E-state index contributed by atoms with van der Waals surface area (Å²) >= 11 is 0. The van der Waals surface area contributed by atoms with Gasteiger partial charge < -0.3 is 19.7 Å². The van der Waals surface area contributed by atoms with Gasteiger partial charge in [0, 0.05) is 32.9 Å². The molecule has 0 bridgehead atoms. The van der Waals surface area contributed by atoms with Gasteiger partial charge >= 0.3 is 6.03 Å². The first kappa shape index (κ1) is 19.5. The highest BCUT2D eigenvalue weighted by Crippen LogP contribution is 2.18. The maximum absolute atomic E-state index is 12.4. The van der Waals surface area contributed by atoms with E-state index < -0.39 is 0 Å². The largest absolute Gasteiger partial charge is 0.472 e. The molecule has 6 heteroatoms. The fraction of sp³-hybridized carbons (Fsp3) is 0.684. The highest BCUT2D eigenvalue weighted by molar-refractivity contribution is 5.74. The number of rotatable bonds is 5. The standard InChI is InChI=1S/C19H31N3O3/c1-19(2,3)25-17-9-5-8-16(21-17)13-20-18(23)22-11-6-7-15(10-12-22)14-24-4/h5,8-9,15H,6-7,10-14H2,1-4H3,(H,20,23). The summed E-state index contributed by atoms with van der Waals surface area (Å²) in [5.74, 6) is 1.13. The van der Waals surface area contributed by atoms with Crippen LogP contribution in [0.15, 0.2) is 18.2 Å². The maximum Gasteiger partial charge on any atom is 0.317 e. The number of ether oxygens (including phenoxy) is 2. The summed E-state index contributed by atoms with van der Waals surface area (Å²) in [6.07, 6.45) is 3.13. The molecule has 2 rings (SSSR count). The predicted octanol–water partition coefficient (Wildman–Crippen LogP) is 3.22. The lowest BCUT2D eigenvalue weighted by Gasteiger charge is -2.22. The van der Waals surface area contributed by atoms with Crippen LogP contribution in [0, 0.1) is 5.92 Å². The number of aromatic nitrogens is 1. The van der Waals surface area contributed by atoms with E-state index in [4.69, 9.17) is 9.47 Å². The van der Waals surface area contributed by atoms with Crippen LogP contribution >= 0.6 is 0 Å². The average molecular weight is 349 g/mol. The summed E-state index contributed by atoms with van der Waals surface area (Å²) in [6, 6.07) is 5.60. The molecule has 25 heavy (non-hydrogen) atoms. The quantitative estimate of drug-likeness (QED) is 0.886. The van der Waals surface area contributed by atoms with Crippen molar-refractivity contribution in [2.24, 2.45) is 5.92 Å². The van der Waals surface area contributed by atoms with E-state index in [0.29, 0.717) is 18.3 Å². The molecule has 6 nitrogen and oxygen atoms in total. The van der Waals surface area contributed by atoms with Crippen molar-refractivity contribution in [3.05, 3.63) is 23.9 Å². The number of pyridine rings is 1. The van der Waals surface area contributed by atoms with Crippen LogP contribution in [0.25, 0.3) is 0 Å². The molecule has 0 radical (unpaired) electrons. The number of hydrogen-bond acceptors (Lipinski definition) is 4. The van der Waals surface area contributed by atoms with Crippen LogP contribution in [0.2, 0.25) is 0 Å². The van der Waals surface area contributed by atoms with Crippen LogP contribution < -0.4 is 10.1 Å². The first-order valence-electron chi connectivity index (χ1n) is 9.04. The van der Waals surface area contributed by atoms with Gasteiger partial charge in [-0.3, -0.25) is 0 Å². The second kappa shape index (κ2) is 9.04. The molecule has 0 spiro atoms. The van der Waals surface area contributed by atoms with Crippen LogP contribution in [0.4, 0.5) is 4.79 Å². The number of methoxy groups -OCH3 is 1. The van der Waals surface area contributed by atoms with Crippen molar-refractivity contribution in [3.8, 4) is 5.88 Å². The Morgan fingerprint density at radius 3 is 2.84 bits per heavy atom. The van der Waals surface area contributed by atoms with Gasteiger partial charge in [0.1, 0.15) is 5.60 Å². The lowest BCUT2D eigenvalue weighted by molar-refractivity contribution is 0.123. The third-order valence-corrected chi connectivity index (χ3v) is 4.15. The molecular formula is C19H31N3O3. The molecule has 0 aliphatic carbocycles. The number of nitrogens with one attached hydrogen (secondary N) is 1. The van der Waals surface area contributed by atoms with E-state index in [2.05, 4.69) is 10.3 Å². The highest BCUT2D eigenvalue weighted by Gasteiger charge is 2.20. The van der Waals surface area contributed by atoms with Gasteiger partial charge in [0.2, 0.25) is 5.88 Å². The number of hydrogen-bond donors (Lipinski definition) is 1. The van der Waals surface area contributed by atoms with E-state index in [-0.39, 0.29) is 11.6 Å². The zero-order chi connectivity index (χ0) is 18.3. The molecule has 0 aromatic carbocycles. The van der Waals surface area contributed by atoms with Crippen molar-refractivity contribution < 1.29 is 14.3 Å². The Labute approximate surface area is 150 Å². The molecule has 1 N–H and O–H groups in total. The number of carbonyl (C=O) groups is 1. The van der Waals surface area contributed by atoms with Crippen LogP contribution in [0.5, 0.6) is 5.88 Å². The van der Waals surface area contributed by atoms with Gasteiger partial charge in [-0.1, -0.05) is 6.07 Å². The number of likely N-dealkylation sites (tertiary alicyclic amines) is 1. The normalized spacial score (nSPS) is 18.6. The van der Waals surface area contributed by atoms with Gasteiger partial charge in [0.15, 0.2) is 0 Å². The van der Waals surface area contributed by atoms with Crippen molar-refractivity contribution >= 4 is 6.03 Å². The van der Waals surface area contributed by atoms with Gasteiger partial charge in [0.25, 0.3) is 0 Å². The fourth-order valence-electron chi connectivity index (χ4n) is 2.98. The lowest BCUT2D eigenvalue weighted by atomic mass is 10.0. The van der Waals surface area contributed by atoms with Crippen LogP contribution in [0.1, 0.15) is 45.7 Å². The third kappa shape index (κ3) is 6.90. The molecule has 1 unspecified atom stereocenters. The van der Waals surface area contributed by atoms with Crippen molar-refractivity contribution in [3.63, 3.8) is 0 Å². The monoisotopic (exact) mass is 349 g/mol. The average Bonchev–Trinajstić information content (AvgIpc) is 2.77. The minimum atomic E-state index is -0.292. The van der Waals surface area contributed by atoms with E-state index in [9.17, 15) is 4.79 Å². The van der Waals surface area contributed by atoms with Gasteiger partial charge in [-0.2, -0.15) is 0 Å². The molecule has 1 fully saturated rings. The predicted molar refractivity (Wildman–Crippen MR) is 97.6 cm³/mol. The van der Waals surface area contributed by atoms with Gasteiger partial charge in [-0.25, -0.2) is 9.78 Å². The van der Waals surface area contributed by atoms with Crippen molar-refractivity contribution in [2.75, 3.05) is 26.8 Å². The molecule has 2 heterocycles. The minimum absolute atomic E-state index is 0.0259. The Morgan fingerprint density at radius 2 is 2.12 bits per heavy atom. The SMILES string of the molecule is COCC1CCCN(C(=O)NCc2cccc(OC(C)(C)C)n2)CC1. The molecule has 1 saturated heterocycles.